The predicted octanol–water partition coefficient (Wildman–Crippen LogP) is 2.26. The van der Waals surface area contributed by atoms with Crippen LogP contribution in [0.15, 0.2) is 11.4 Å². The molecule has 1 spiro atoms. The van der Waals surface area contributed by atoms with Crippen LogP contribution in [-0.4, -0.2) is 30.9 Å². The largest absolute Gasteiger partial charge is 0.366 e. The fraction of sp³-hybridized carbons (Fsp3) is 0.688. The molecule has 2 aliphatic rings. The summed E-state index contributed by atoms with van der Waals surface area (Å²) in [5.41, 5.74) is 5.84. The number of hydrogen-bond acceptors (Lipinski definition) is 5. The third-order valence-corrected chi connectivity index (χ3v) is 5.50. The quantitative estimate of drug-likeness (QED) is 0.871. The Morgan fingerprint density at radius 2 is 2.27 bits per heavy atom. The van der Waals surface area contributed by atoms with Crippen LogP contribution in [0.25, 0.3) is 0 Å². The van der Waals surface area contributed by atoms with Gasteiger partial charge >= 0.3 is 0 Å². The number of thiophene rings is 1. The van der Waals surface area contributed by atoms with E-state index in [1.54, 1.807) is 16.7 Å². The molecule has 6 heteroatoms. The van der Waals surface area contributed by atoms with Gasteiger partial charge in [0, 0.05) is 36.2 Å². The predicted molar refractivity (Wildman–Crippen MR) is 85.7 cm³/mol. The summed E-state index contributed by atoms with van der Waals surface area (Å²) in [4.78, 5) is 12.2. The van der Waals surface area contributed by atoms with Crippen LogP contribution in [0, 0.1) is 5.92 Å². The summed E-state index contributed by atoms with van der Waals surface area (Å²) >= 11 is 1.55. The van der Waals surface area contributed by atoms with Crippen molar-refractivity contribution >= 4 is 17.2 Å². The molecule has 122 valence electrons. The van der Waals surface area contributed by atoms with Gasteiger partial charge in [0.25, 0.3) is 0 Å². The number of nitrogens with one attached hydrogen (secondary N) is 1. The first-order valence-corrected chi connectivity index (χ1v) is 8.84. The summed E-state index contributed by atoms with van der Waals surface area (Å²) in [5, 5.41) is 5.18. The van der Waals surface area contributed by atoms with Crippen molar-refractivity contribution in [2.24, 2.45) is 11.7 Å². The minimum atomic E-state index is -0.372. The standard InChI is InChI=1S/C16H24N2O3S/c1-11-2-4-16(5-3-11)20-9-13(21-16)7-18-8-14-6-12(10-22-14)15(17)19/h6,10-11,13,18H,2-5,7-9H2,1H3,(H2,17,19)/t11?,13-,16?/m1/s1. The summed E-state index contributed by atoms with van der Waals surface area (Å²) in [7, 11) is 0. The van der Waals surface area contributed by atoms with Crippen LogP contribution in [0.5, 0.6) is 0 Å². The van der Waals surface area contributed by atoms with Crippen molar-refractivity contribution in [2.45, 2.75) is 51.0 Å². The van der Waals surface area contributed by atoms with Crippen LogP contribution in [0.3, 0.4) is 0 Å². The van der Waals surface area contributed by atoms with E-state index in [2.05, 4.69) is 12.2 Å². The molecule has 5 nitrogen and oxygen atoms in total. The number of carbonyl (C=O) groups excluding carboxylic acids is 1. The molecule has 0 unspecified atom stereocenters. The van der Waals surface area contributed by atoms with Crippen molar-refractivity contribution < 1.29 is 14.3 Å². The van der Waals surface area contributed by atoms with Gasteiger partial charge < -0.3 is 20.5 Å². The molecule has 2 fully saturated rings. The number of amides is 1. The fourth-order valence-electron chi connectivity index (χ4n) is 3.14. The fourth-order valence-corrected chi connectivity index (χ4v) is 3.98. The van der Waals surface area contributed by atoms with Crippen LogP contribution in [0.1, 0.15) is 47.8 Å². The molecule has 1 aliphatic carbocycles. The first-order valence-electron chi connectivity index (χ1n) is 7.96. The van der Waals surface area contributed by atoms with E-state index >= 15 is 0 Å². The van der Waals surface area contributed by atoms with Crippen molar-refractivity contribution in [1.82, 2.24) is 5.32 Å². The van der Waals surface area contributed by atoms with Gasteiger partial charge in [0.2, 0.25) is 5.91 Å². The molecule has 1 atom stereocenters. The Kier molecular flexibility index (Phi) is 4.82. The van der Waals surface area contributed by atoms with Gasteiger partial charge in [-0.2, -0.15) is 0 Å². The average molecular weight is 324 g/mol. The first kappa shape index (κ1) is 15.9. The minimum Gasteiger partial charge on any atom is -0.366 e. The summed E-state index contributed by atoms with van der Waals surface area (Å²) in [6.45, 7) is 4.45. The Morgan fingerprint density at radius 3 is 2.95 bits per heavy atom. The van der Waals surface area contributed by atoms with E-state index in [1.807, 2.05) is 6.07 Å². The summed E-state index contributed by atoms with van der Waals surface area (Å²) in [5.74, 6) is 0.0952. The highest BCUT2D eigenvalue weighted by atomic mass is 32.1. The van der Waals surface area contributed by atoms with Crippen molar-refractivity contribution in [2.75, 3.05) is 13.2 Å². The third kappa shape index (κ3) is 3.68. The minimum absolute atomic E-state index is 0.115. The maximum absolute atomic E-state index is 11.1. The van der Waals surface area contributed by atoms with E-state index in [0.717, 1.165) is 36.7 Å². The lowest BCUT2D eigenvalue weighted by Gasteiger charge is -2.34. The smallest absolute Gasteiger partial charge is 0.249 e. The molecule has 1 aromatic rings. The van der Waals surface area contributed by atoms with E-state index < -0.39 is 0 Å². The second-order valence-corrected chi connectivity index (χ2v) is 7.44. The van der Waals surface area contributed by atoms with Gasteiger partial charge in [-0.3, -0.25) is 4.79 Å². The third-order valence-electron chi connectivity index (χ3n) is 4.56. The monoisotopic (exact) mass is 324 g/mol. The van der Waals surface area contributed by atoms with Crippen molar-refractivity contribution in [1.29, 1.82) is 0 Å². The van der Waals surface area contributed by atoms with E-state index in [9.17, 15) is 4.79 Å². The molecule has 1 saturated heterocycles. The molecular weight excluding hydrogens is 300 g/mol. The van der Waals surface area contributed by atoms with Crippen molar-refractivity contribution in [3.63, 3.8) is 0 Å². The van der Waals surface area contributed by atoms with Crippen LogP contribution >= 0.6 is 11.3 Å². The normalized spacial score (nSPS) is 31.7. The highest BCUT2D eigenvalue weighted by Gasteiger charge is 2.43. The highest BCUT2D eigenvalue weighted by Crippen LogP contribution is 2.39. The Morgan fingerprint density at radius 1 is 1.50 bits per heavy atom. The number of rotatable bonds is 5. The van der Waals surface area contributed by atoms with Gasteiger partial charge in [-0.15, -0.1) is 11.3 Å². The highest BCUT2D eigenvalue weighted by molar-refractivity contribution is 7.10. The zero-order chi connectivity index (χ0) is 15.6. The molecule has 1 aromatic heterocycles. The lowest BCUT2D eigenvalue weighted by molar-refractivity contribution is -0.191. The number of primary amides is 1. The molecule has 0 aromatic carbocycles. The summed E-state index contributed by atoms with van der Waals surface area (Å²) in [6.07, 6.45) is 4.51. The van der Waals surface area contributed by atoms with Gasteiger partial charge in [-0.25, -0.2) is 0 Å². The second kappa shape index (κ2) is 6.66. The molecule has 0 bridgehead atoms. The zero-order valence-corrected chi connectivity index (χ0v) is 13.8. The molecule has 1 saturated carbocycles. The SMILES string of the molecule is CC1CCC2(CC1)OC[C@@H](CNCc1cc(C(N)=O)cs1)O2. The average Bonchev–Trinajstić information content (AvgIpc) is 3.11. The Hall–Kier alpha value is -0.950. The van der Waals surface area contributed by atoms with Crippen LogP contribution in [-0.2, 0) is 16.0 Å². The van der Waals surface area contributed by atoms with Crippen LogP contribution in [0.4, 0.5) is 0 Å². The maximum atomic E-state index is 11.1. The number of ether oxygens (including phenoxy) is 2. The topological polar surface area (TPSA) is 73.6 Å². The number of hydrogen-bond donors (Lipinski definition) is 2. The molecule has 1 amide bonds. The maximum Gasteiger partial charge on any atom is 0.249 e. The lowest BCUT2D eigenvalue weighted by atomic mass is 9.86. The Labute approximate surface area is 135 Å². The lowest BCUT2D eigenvalue weighted by Crippen LogP contribution is -2.37. The van der Waals surface area contributed by atoms with E-state index in [0.29, 0.717) is 12.2 Å². The molecule has 0 radical (unpaired) electrons. The van der Waals surface area contributed by atoms with Crippen LogP contribution < -0.4 is 11.1 Å². The molecule has 3 N–H and O–H groups in total. The van der Waals surface area contributed by atoms with Gasteiger partial charge in [0.15, 0.2) is 5.79 Å². The molecular formula is C16H24N2O3S. The van der Waals surface area contributed by atoms with Crippen molar-refractivity contribution in [3.05, 3.63) is 21.9 Å². The molecule has 2 heterocycles. The van der Waals surface area contributed by atoms with Gasteiger partial charge in [-0.05, 0) is 24.8 Å². The Balaban J connectivity index is 1.42. The van der Waals surface area contributed by atoms with Gasteiger partial charge in [0.1, 0.15) is 0 Å². The number of carbonyl (C=O) groups is 1. The zero-order valence-electron chi connectivity index (χ0n) is 13.0. The van der Waals surface area contributed by atoms with Crippen LogP contribution in [0.2, 0.25) is 0 Å². The second-order valence-electron chi connectivity index (χ2n) is 6.44. The molecule has 3 rings (SSSR count). The van der Waals surface area contributed by atoms with Gasteiger partial charge in [0.05, 0.1) is 18.3 Å². The van der Waals surface area contributed by atoms with E-state index in [1.165, 1.54) is 12.8 Å². The Bertz CT molecular complexity index is 523. The van der Waals surface area contributed by atoms with Gasteiger partial charge in [-0.1, -0.05) is 6.92 Å². The molecule has 22 heavy (non-hydrogen) atoms. The van der Waals surface area contributed by atoms with E-state index in [-0.39, 0.29) is 17.8 Å². The van der Waals surface area contributed by atoms with Crippen molar-refractivity contribution in [3.8, 4) is 0 Å². The summed E-state index contributed by atoms with van der Waals surface area (Å²) < 4.78 is 12.1. The summed E-state index contributed by atoms with van der Waals surface area (Å²) in [6, 6.07) is 1.84. The number of nitrogens with two attached hydrogens (primary N) is 1. The van der Waals surface area contributed by atoms with E-state index in [4.69, 9.17) is 15.2 Å². The first-order chi connectivity index (χ1) is 10.6. The molecule has 1 aliphatic heterocycles.